The Kier molecular flexibility index (Phi) is 9.31. The molecule has 26 heavy (non-hydrogen) atoms. The second-order valence-electron chi connectivity index (χ2n) is 5.57. The maximum Gasteiger partial charge on any atom is 0.387 e. The van der Waals surface area contributed by atoms with Crippen molar-refractivity contribution in [1.82, 2.24) is 20.0 Å². The standard InChI is InChI=1S/C17H23F2N5O.HI/c1-4-20-17(21-9-14-10-22-24(3)12-14)23(2)11-13-5-7-15(8-6-13)25-16(18)19;/h5-8,10,12,16H,4,9,11H2,1-3H3,(H,20,21);1H. The summed E-state index contributed by atoms with van der Waals surface area (Å²) in [4.78, 5) is 6.58. The van der Waals surface area contributed by atoms with Crippen molar-refractivity contribution in [3.63, 3.8) is 0 Å². The number of nitrogens with zero attached hydrogens (tertiary/aromatic N) is 4. The molecule has 0 spiro atoms. The number of ether oxygens (including phenoxy) is 1. The van der Waals surface area contributed by atoms with Crippen molar-refractivity contribution in [2.24, 2.45) is 12.0 Å². The number of aryl methyl sites for hydroxylation is 1. The van der Waals surface area contributed by atoms with Crippen LogP contribution in [-0.4, -0.2) is 40.8 Å². The van der Waals surface area contributed by atoms with E-state index < -0.39 is 6.61 Å². The van der Waals surface area contributed by atoms with Gasteiger partial charge in [-0.25, -0.2) is 4.99 Å². The number of aromatic nitrogens is 2. The molecule has 0 aliphatic rings. The zero-order valence-corrected chi connectivity index (χ0v) is 17.4. The summed E-state index contributed by atoms with van der Waals surface area (Å²) >= 11 is 0. The zero-order valence-electron chi connectivity index (χ0n) is 15.0. The average Bonchev–Trinajstić information content (AvgIpc) is 2.98. The summed E-state index contributed by atoms with van der Waals surface area (Å²) in [6.45, 7) is 1.06. The Hall–Kier alpha value is -1.91. The molecular weight excluding hydrogens is 455 g/mol. The van der Waals surface area contributed by atoms with Gasteiger partial charge in [0.2, 0.25) is 0 Å². The van der Waals surface area contributed by atoms with E-state index in [2.05, 4.69) is 20.1 Å². The van der Waals surface area contributed by atoms with Gasteiger partial charge in [-0.3, -0.25) is 4.68 Å². The lowest BCUT2D eigenvalue weighted by Crippen LogP contribution is -2.38. The van der Waals surface area contributed by atoms with Crippen LogP contribution in [0.5, 0.6) is 5.75 Å². The van der Waals surface area contributed by atoms with E-state index in [1.165, 1.54) is 12.1 Å². The van der Waals surface area contributed by atoms with Gasteiger partial charge < -0.3 is 15.0 Å². The highest BCUT2D eigenvalue weighted by Gasteiger charge is 2.08. The number of guanidine groups is 1. The second kappa shape index (κ2) is 10.9. The number of benzene rings is 1. The van der Waals surface area contributed by atoms with Crippen LogP contribution in [0, 0.1) is 0 Å². The normalized spacial score (nSPS) is 11.2. The lowest BCUT2D eigenvalue weighted by Gasteiger charge is -2.22. The Morgan fingerprint density at radius 2 is 2.00 bits per heavy atom. The summed E-state index contributed by atoms with van der Waals surface area (Å²) < 4.78 is 30.5. The predicted octanol–water partition coefficient (Wildman–Crippen LogP) is 3.24. The van der Waals surface area contributed by atoms with Crippen LogP contribution in [0.25, 0.3) is 0 Å². The fourth-order valence-electron chi connectivity index (χ4n) is 2.31. The number of aliphatic imine (C=N–C) groups is 1. The zero-order chi connectivity index (χ0) is 18.2. The largest absolute Gasteiger partial charge is 0.435 e. The summed E-state index contributed by atoms with van der Waals surface area (Å²) in [5.74, 6) is 0.915. The molecule has 0 atom stereocenters. The van der Waals surface area contributed by atoms with Crippen molar-refractivity contribution in [1.29, 1.82) is 0 Å². The van der Waals surface area contributed by atoms with E-state index in [0.717, 1.165) is 23.6 Å². The molecule has 6 nitrogen and oxygen atoms in total. The lowest BCUT2D eigenvalue weighted by atomic mass is 10.2. The molecule has 0 unspecified atom stereocenters. The molecule has 0 saturated carbocycles. The molecule has 1 N–H and O–H groups in total. The van der Waals surface area contributed by atoms with Gasteiger partial charge in [-0.2, -0.15) is 13.9 Å². The van der Waals surface area contributed by atoms with Gasteiger partial charge in [-0.1, -0.05) is 12.1 Å². The fraction of sp³-hybridized carbons (Fsp3) is 0.412. The number of hydrogen-bond donors (Lipinski definition) is 1. The highest BCUT2D eigenvalue weighted by Crippen LogP contribution is 2.15. The first kappa shape index (κ1) is 22.1. The number of halogens is 3. The van der Waals surface area contributed by atoms with Crippen molar-refractivity contribution in [2.75, 3.05) is 13.6 Å². The van der Waals surface area contributed by atoms with Crippen molar-refractivity contribution in [2.45, 2.75) is 26.6 Å². The van der Waals surface area contributed by atoms with Crippen LogP contribution in [0.15, 0.2) is 41.7 Å². The molecule has 2 rings (SSSR count). The number of rotatable bonds is 7. The number of alkyl halides is 2. The molecule has 0 saturated heterocycles. The fourth-order valence-corrected chi connectivity index (χ4v) is 2.31. The van der Waals surface area contributed by atoms with Crippen molar-refractivity contribution in [3.05, 3.63) is 47.8 Å². The Labute approximate surface area is 169 Å². The smallest absolute Gasteiger partial charge is 0.387 e. The third-order valence-electron chi connectivity index (χ3n) is 3.43. The summed E-state index contributed by atoms with van der Waals surface area (Å²) in [6, 6.07) is 6.60. The highest BCUT2D eigenvalue weighted by atomic mass is 127. The van der Waals surface area contributed by atoms with Gasteiger partial charge in [0.15, 0.2) is 5.96 Å². The van der Waals surface area contributed by atoms with Crippen LogP contribution in [0.1, 0.15) is 18.1 Å². The van der Waals surface area contributed by atoms with Crippen LogP contribution in [0.2, 0.25) is 0 Å². The Bertz CT molecular complexity index is 691. The maximum absolute atomic E-state index is 12.2. The average molecular weight is 479 g/mol. The monoisotopic (exact) mass is 479 g/mol. The van der Waals surface area contributed by atoms with E-state index in [1.54, 1.807) is 23.0 Å². The third-order valence-corrected chi connectivity index (χ3v) is 3.43. The van der Waals surface area contributed by atoms with Gasteiger partial charge in [0.1, 0.15) is 5.75 Å². The molecular formula is C17H24F2IN5O. The summed E-state index contributed by atoms with van der Waals surface area (Å²) in [7, 11) is 3.79. The molecule has 1 heterocycles. The van der Waals surface area contributed by atoms with Gasteiger partial charge in [0.05, 0.1) is 12.7 Å². The SMILES string of the molecule is CCNC(=NCc1cnn(C)c1)N(C)Cc1ccc(OC(F)F)cc1.I. The first-order valence-corrected chi connectivity index (χ1v) is 7.98. The minimum Gasteiger partial charge on any atom is -0.435 e. The minimum atomic E-state index is -2.81. The number of hydrogen-bond acceptors (Lipinski definition) is 3. The maximum atomic E-state index is 12.2. The molecule has 0 bridgehead atoms. The molecule has 1 aromatic carbocycles. The lowest BCUT2D eigenvalue weighted by molar-refractivity contribution is -0.0498. The molecule has 9 heteroatoms. The van der Waals surface area contributed by atoms with Crippen LogP contribution >= 0.6 is 24.0 Å². The van der Waals surface area contributed by atoms with Crippen LogP contribution in [0.3, 0.4) is 0 Å². The molecule has 0 radical (unpaired) electrons. The predicted molar refractivity (Wildman–Crippen MR) is 108 cm³/mol. The van der Waals surface area contributed by atoms with Crippen LogP contribution < -0.4 is 10.1 Å². The topological polar surface area (TPSA) is 54.7 Å². The Morgan fingerprint density at radius 1 is 1.31 bits per heavy atom. The molecule has 2 aromatic rings. The summed E-state index contributed by atoms with van der Waals surface area (Å²) in [5.41, 5.74) is 2.00. The summed E-state index contributed by atoms with van der Waals surface area (Å²) in [5, 5.41) is 7.37. The third kappa shape index (κ3) is 7.14. The van der Waals surface area contributed by atoms with Crippen LogP contribution in [0.4, 0.5) is 8.78 Å². The van der Waals surface area contributed by atoms with Gasteiger partial charge in [0.25, 0.3) is 0 Å². The van der Waals surface area contributed by atoms with E-state index in [0.29, 0.717) is 13.1 Å². The molecule has 0 aliphatic carbocycles. The Balaban J connectivity index is 0.00000338. The van der Waals surface area contributed by atoms with E-state index in [4.69, 9.17) is 0 Å². The summed E-state index contributed by atoms with van der Waals surface area (Å²) in [6.07, 6.45) is 3.71. The second-order valence-corrected chi connectivity index (χ2v) is 5.57. The highest BCUT2D eigenvalue weighted by molar-refractivity contribution is 14.0. The minimum absolute atomic E-state index is 0. The van der Waals surface area contributed by atoms with Gasteiger partial charge in [-0.15, -0.1) is 24.0 Å². The molecule has 1 aromatic heterocycles. The van der Waals surface area contributed by atoms with Gasteiger partial charge in [-0.05, 0) is 24.6 Å². The molecule has 0 fully saturated rings. The van der Waals surface area contributed by atoms with Crippen molar-refractivity contribution in [3.8, 4) is 5.75 Å². The molecule has 0 aliphatic heterocycles. The first-order chi connectivity index (χ1) is 12.0. The van der Waals surface area contributed by atoms with Gasteiger partial charge >= 0.3 is 6.61 Å². The Morgan fingerprint density at radius 3 is 2.54 bits per heavy atom. The molecule has 144 valence electrons. The van der Waals surface area contributed by atoms with Crippen molar-refractivity contribution >= 4 is 29.9 Å². The van der Waals surface area contributed by atoms with Crippen molar-refractivity contribution < 1.29 is 13.5 Å². The van der Waals surface area contributed by atoms with Gasteiger partial charge in [0, 0.05) is 38.9 Å². The van der Waals surface area contributed by atoms with E-state index in [9.17, 15) is 8.78 Å². The van der Waals surface area contributed by atoms with Crippen LogP contribution in [-0.2, 0) is 20.1 Å². The van der Waals surface area contributed by atoms with E-state index in [-0.39, 0.29) is 29.7 Å². The van der Waals surface area contributed by atoms with E-state index >= 15 is 0 Å². The van der Waals surface area contributed by atoms with E-state index in [1.807, 2.05) is 32.1 Å². The quantitative estimate of drug-likeness (QED) is 0.377. The number of nitrogens with one attached hydrogen (secondary N) is 1. The molecule has 0 amide bonds. The first-order valence-electron chi connectivity index (χ1n) is 7.98.